The first-order chi connectivity index (χ1) is 22.9. The van der Waals surface area contributed by atoms with E-state index < -0.39 is 24.1 Å². The number of esters is 2. The maximum atomic E-state index is 13.2. The van der Waals surface area contributed by atoms with Gasteiger partial charge in [-0.3, -0.25) is 10.6 Å². The maximum absolute atomic E-state index is 13.2. The van der Waals surface area contributed by atoms with Crippen LogP contribution in [0, 0.1) is 0 Å². The Kier molecular flexibility index (Phi) is 8.96. The molecule has 236 valence electrons. The van der Waals surface area contributed by atoms with Gasteiger partial charge in [0.15, 0.2) is 0 Å². The Balaban J connectivity index is 1.09. The van der Waals surface area contributed by atoms with Gasteiger partial charge in [-0.1, -0.05) is 60.7 Å². The molecule has 0 fully saturated rings. The van der Waals surface area contributed by atoms with Crippen LogP contribution in [0.5, 0.6) is 0 Å². The van der Waals surface area contributed by atoms with E-state index in [-0.39, 0.29) is 24.6 Å². The number of aromatic amines is 1. The van der Waals surface area contributed by atoms with Crippen molar-refractivity contribution < 1.29 is 33.4 Å². The van der Waals surface area contributed by atoms with Crippen molar-refractivity contribution in [2.24, 2.45) is 0 Å². The van der Waals surface area contributed by atoms with E-state index >= 15 is 0 Å². The highest BCUT2D eigenvalue weighted by Crippen LogP contribution is 2.26. The second-order valence-electron chi connectivity index (χ2n) is 10.6. The Morgan fingerprint density at radius 2 is 1.23 bits per heavy atom. The van der Waals surface area contributed by atoms with Crippen LogP contribution in [0.3, 0.4) is 0 Å². The minimum atomic E-state index is -0.862. The van der Waals surface area contributed by atoms with Gasteiger partial charge >= 0.3 is 24.1 Å². The average Bonchev–Trinajstić information content (AvgIpc) is 3.68. The summed E-state index contributed by atoms with van der Waals surface area (Å²) in [5.41, 5.74) is 4.25. The minimum Gasteiger partial charge on any atom is -0.444 e. The summed E-state index contributed by atoms with van der Waals surface area (Å²) in [7, 11) is 0. The molecule has 0 unspecified atom stereocenters. The van der Waals surface area contributed by atoms with Gasteiger partial charge in [-0.15, -0.1) is 0 Å². The standard InChI is InChI=1S/C36H30N4O7/c1-2-40-31-16-14-28(38-36(44)46-22-24-11-7-4-8-12-24)18-26(31)20-32(40)34(42)47-33(41)30-19-25-17-27(13-15-29(25)39-30)37-35(43)45-21-23-9-5-3-6-10-23/h3-20,39H,2,21-22H2,1H3,(H,37,43)(H,38,44). The number of nitrogens with one attached hydrogen (secondary N) is 3. The van der Waals surface area contributed by atoms with Crippen LogP contribution in [0.15, 0.2) is 109 Å². The van der Waals surface area contributed by atoms with E-state index in [0.717, 1.165) is 16.6 Å². The third-order valence-corrected chi connectivity index (χ3v) is 7.37. The van der Waals surface area contributed by atoms with E-state index in [4.69, 9.17) is 14.2 Å². The lowest BCUT2D eigenvalue weighted by Gasteiger charge is -2.09. The number of amides is 2. The molecule has 2 aromatic heterocycles. The van der Waals surface area contributed by atoms with Crippen molar-refractivity contribution in [3.63, 3.8) is 0 Å². The van der Waals surface area contributed by atoms with Gasteiger partial charge in [0.05, 0.1) is 0 Å². The summed E-state index contributed by atoms with van der Waals surface area (Å²) in [6.07, 6.45) is -1.23. The topological polar surface area (TPSA) is 141 Å². The number of anilines is 2. The minimum absolute atomic E-state index is 0.0665. The molecule has 0 aliphatic rings. The lowest BCUT2D eigenvalue weighted by Crippen LogP contribution is -2.16. The monoisotopic (exact) mass is 630 g/mol. The molecule has 0 bridgehead atoms. The number of aryl methyl sites for hydroxylation is 1. The SMILES string of the molecule is CCn1c(C(=O)OC(=O)c2cc3cc(NC(=O)OCc4ccccc4)ccc3[nH]2)cc2cc(NC(=O)OCc3ccccc3)ccc21. The number of benzene rings is 4. The van der Waals surface area contributed by atoms with Crippen molar-refractivity contribution in [3.8, 4) is 0 Å². The van der Waals surface area contributed by atoms with Crippen molar-refractivity contribution in [2.45, 2.75) is 26.7 Å². The van der Waals surface area contributed by atoms with Crippen molar-refractivity contribution in [1.29, 1.82) is 0 Å². The molecular weight excluding hydrogens is 600 g/mol. The number of hydrogen-bond donors (Lipinski definition) is 3. The Morgan fingerprint density at radius 1 is 0.660 bits per heavy atom. The molecule has 0 saturated carbocycles. The molecule has 0 saturated heterocycles. The van der Waals surface area contributed by atoms with E-state index in [1.807, 2.05) is 67.6 Å². The number of carbonyl (C=O) groups excluding carboxylic acids is 4. The van der Waals surface area contributed by atoms with Crippen LogP contribution in [0.4, 0.5) is 21.0 Å². The van der Waals surface area contributed by atoms with Gasteiger partial charge in [-0.2, -0.15) is 0 Å². The van der Waals surface area contributed by atoms with Crippen molar-refractivity contribution >= 4 is 57.3 Å². The van der Waals surface area contributed by atoms with Crippen molar-refractivity contribution in [1.82, 2.24) is 9.55 Å². The highest BCUT2D eigenvalue weighted by Gasteiger charge is 2.22. The number of hydrogen-bond acceptors (Lipinski definition) is 7. The van der Waals surface area contributed by atoms with Crippen molar-refractivity contribution in [2.75, 3.05) is 10.6 Å². The van der Waals surface area contributed by atoms with Gasteiger partial charge in [0.1, 0.15) is 24.6 Å². The zero-order chi connectivity index (χ0) is 32.8. The fourth-order valence-corrected chi connectivity index (χ4v) is 5.12. The molecular formula is C36H30N4O7. The largest absolute Gasteiger partial charge is 0.444 e. The molecule has 4 aromatic carbocycles. The number of H-pyrrole nitrogens is 1. The number of nitrogens with zero attached hydrogens (tertiary/aromatic N) is 1. The predicted molar refractivity (Wildman–Crippen MR) is 176 cm³/mol. The van der Waals surface area contributed by atoms with Crippen LogP contribution >= 0.6 is 0 Å². The second-order valence-corrected chi connectivity index (χ2v) is 10.6. The van der Waals surface area contributed by atoms with Crippen molar-refractivity contribution in [3.05, 3.63) is 132 Å². The zero-order valence-electron chi connectivity index (χ0n) is 25.3. The smallest absolute Gasteiger partial charge is 0.411 e. The van der Waals surface area contributed by atoms with E-state index in [0.29, 0.717) is 34.2 Å². The first kappa shape index (κ1) is 30.7. The molecule has 11 nitrogen and oxygen atoms in total. The number of rotatable bonds is 9. The Morgan fingerprint density at radius 3 is 1.83 bits per heavy atom. The molecule has 6 rings (SSSR count). The van der Waals surface area contributed by atoms with Gasteiger partial charge < -0.3 is 23.8 Å². The third kappa shape index (κ3) is 7.31. The number of carbonyl (C=O) groups is 4. The molecule has 3 N–H and O–H groups in total. The highest BCUT2D eigenvalue weighted by atomic mass is 16.6. The van der Waals surface area contributed by atoms with Crippen LogP contribution in [-0.4, -0.2) is 33.7 Å². The molecule has 11 heteroatoms. The van der Waals surface area contributed by atoms with E-state index in [2.05, 4.69) is 15.6 Å². The highest BCUT2D eigenvalue weighted by molar-refractivity contribution is 6.06. The molecule has 0 aliphatic heterocycles. The van der Waals surface area contributed by atoms with Gasteiger partial charge in [-0.25, -0.2) is 19.2 Å². The summed E-state index contributed by atoms with van der Waals surface area (Å²) in [6, 6.07) is 32.0. The molecule has 0 aliphatic carbocycles. The molecule has 2 amide bonds. The lowest BCUT2D eigenvalue weighted by molar-refractivity contribution is 0.0387. The summed E-state index contributed by atoms with van der Waals surface area (Å²) in [5, 5.41) is 6.66. The number of fused-ring (bicyclic) bond motifs is 2. The van der Waals surface area contributed by atoms with Crippen LogP contribution in [0.25, 0.3) is 21.8 Å². The third-order valence-electron chi connectivity index (χ3n) is 7.37. The Bertz CT molecular complexity index is 2080. The quantitative estimate of drug-likeness (QED) is 0.0847. The molecule has 0 spiro atoms. The summed E-state index contributed by atoms with van der Waals surface area (Å²) in [6.45, 7) is 2.56. The van der Waals surface area contributed by atoms with Gasteiger partial charge in [0, 0.05) is 39.7 Å². The number of ether oxygens (including phenoxy) is 3. The van der Waals surface area contributed by atoms with Gasteiger partial charge in [0.2, 0.25) is 0 Å². The van der Waals surface area contributed by atoms with Crippen LogP contribution in [-0.2, 0) is 34.0 Å². The summed E-state index contributed by atoms with van der Waals surface area (Å²) < 4.78 is 17.5. The Labute approximate surface area is 269 Å². The van der Waals surface area contributed by atoms with Crippen LogP contribution < -0.4 is 10.6 Å². The first-order valence-electron chi connectivity index (χ1n) is 14.8. The van der Waals surface area contributed by atoms with E-state index in [1.165, 1.54) is 6.07 Å². The van der Waals surface area contributed by atoms with Gasteiger partial charge in [0.25, 0.3) is 0 Å². The Hall–Kier alpha value is -6.36. The normalized spacial score (nSPS) is 10.8. The van der Waals surface area contributed by atoms with Gasteiger partial charge in [-0.05, 0) is 66.6 Å². The molecule has 2 heterocycles. The average molecular weight is 631 g/mol. The molecule has 47 heavy (non-hydrogen) atoms. The summed E-state index contributed by atoms with van der Waals surface area (Å²) in [5.74, 6) is -1.69. The predicted octanol–water partition coefficient (Wildman–Crippen LogP) is 7.64. The fraction of sp³-hybridized carbons (Fsp3) is 0.111. The summed E-state index contributed by atoms with van der Waals surface area (Å²) >= 11 is 0. The maximum Gasteiger partial charge on any atom is 0.411 e. The zero-order valence-corrected chi connectivity index (χ0v) is 25.3. The molecule has 0 atom stereocenters. The second kappa shape index (κ2) is 13.7. The lowest BCUT2D eigenvalue weighted by atomic mass is 10.2. The molecule has 6 aromatic rings. The van der Waals surface area contributed by atoms with E-state index in [9.17, 15) is 19.2 Å². The first-order valence-corrected chi connectivity index (χ1v) is 14.8. The van der Waals surface area contributed by atoms with Crippen LogP contribution in [0.2, 0.25) is 0 Å². The fourth-order valence-electron chi connectivity index (χ4n) is 5.12. The number of aromatic nitrogens is 2. The summed E-state index contributed by atoms with van der Waals surface area (Å²) in [4.78, 5) is 53.8. The molecule has 0 radical (unpaired) electrons. The van der Waals surface area contributed by atoms with E-state index in [1.54, 1.807) is 47.0 Å². The van der Waals surface area contributed by atoms with Crippen LogP contribution in [0.1, 0.15) is 39.0 Å².